The highest BCUT2D eigenvalue weighted by atomic mass is 16.3. The van der Waals surface area contributed by atoms with Gasteiger partial charge in [-0.2, -0.15) is 0 Å². The molecule has 2 aliphatic rings. The van der Waals surface area contributed by atoms with Crippen LogP contribution in [0.25, 0.3) is 11.1 Å². The summed E-state index contributed by atoms with van der Waals surface area (Å²) < 4.78 is 1.86. The lowest BCUT2D eigenvalue weighted by Gasteiger charge is -2.32. The van der Waals surface area contributed by atoms with Crippen LogP contribution in [0.2, 0.25) is 0 Å². The van der Waals surface area contributed by atoms with Crippen molar-refractivity contribution in [2.24, 2.45) is 11.8 Å². The third-order valence-electron chi connectivity index (χ3n) is 7.18. The maximum atomic E-state index is 13.5. The van der Waals surface area contributed by atoms with Gasteiger partial charge in [-0.05, 0) is 23.3 Å². The maximum Gasteiger partial charge on any atom is 0.258 e. The normalized spacial score (nSPS) is 23.8. The molecule has 5 rings (SSSR count). The van der Waals surface area contributed by atoms with E-state index in [2.05, 4.69) is 17.0 Å². The number of carbonyl (C=O) groups excluding carboxylic acids is 1. The van der Waals surface area contributed by atoms with E-state index in [1.807, 2.05) is 65.2 Å². The number of rotatable bonds is 5. The van der Waals surface area contributed by atoms with Crippen LogP contribution in [-0.2, 0) is 17.9 Å². The van der Waals surface area contributed by atoms with Crippen LogP contribution >= 0.6 is 0 Å². The van der Waals surface area contributed by atoms with Crippen LogP contribution in [0.15, 0.2) is 77.6 Å². The summed E-state index contributed by atoms with van der Waals surface area (Å²) in [6.07, 6.45) is 0. The summed E-state index contributed by atoms with van der Waals surface area (Å²) in [4.78, 5) is 30.6. The molecular formula is C27H29N3O3. The Kier molecular flexibility index (Phi) is 5.64. The largest absolute Gasteiger partial charge is 0.396 e. The second-order valence-corrected chi connectivity index (χ2v) is 9.24. The molecule has 1 fully saturated rings. The fourth-order valence-electron chi connectivity index (χ4n) is 5.66. The Labute approximate surface area is 193 Å². The van der Waals surface area contributed by atoms with E-state index in [-0.39, 0.29) is 36.0 Å². The maximum absolute atomic E-state index is 13.5. The number of benzene rings is 2. The Hall–Kier alpha value is -3.22. The van der Waals surface area contributed by atoms with Crippen LogP contribution < -0.4 is 5.56 Å². The van der Waals surface area contributed by atoms with Gasteiger partial charge in [-0.25, -0.2) is 0 Å². The van der Waals surface area contributed by atoms with E-state index in [0.29, 0.717) is 18.7 Å². The lowest BCUT2D eigenvalue weighted by Crippen LogP contribution is -2.47. The summed E-state index contributed by atoms with van der Waals surface area (Å²) in [5.41, 5.74) is 3.59. The van der Waals surface area contributed by atoms with Crippen molar-refractivity contribution < 1.29 is 9.90 Å². The van der Waals surface area contributed by atoms with Crippen LogP contribution in [0.1, 0.15) is 17.3 Å². The van der Waals surface area contributed by atoms with Crippen LogP contribution in [0.4, 0.5) is 0 Å². The summed E-state index contributed by atoms with van der Waals surface area (Å²) in [5.74, 6) is -0.256. The minimum Gasteiger partial charge on any atom is -0.396 e. The second-order valence-electron chi connectivity index (χ2n) is 9.24. The van der Waals surface area contributed by atoms with E-state index < -0.39 is 6.04 Å². The molecule has 3 aromatic rings. The molecule has 4 atom stereocenters. The van der Waals surface area contributed by atoms with E-state index in [1.165, 1.54) is 0 Å². The van der Waals surface area contributed by atoms with Crippen molar-refractivity contribution >= 4 is 5.91 Å². The highest BCUT2D eigenvalue weighted by molar-refractivity contribution is 5.82. The molecule has 1 saturated heterocycles. The van der Waals surface area contributed by atoms with Gasteiger partial charge in [0.1, 0.15) is 0 Å². The van der Waals surface area contributed by atoms with Crippen molar-refractivity contribution in [3.63, 3.8) is 0 Å². The van der Waals surface area contributed by atoms with Crippen molar-refractivity contribution in [1.29, 1.82) is 0 Å². The van der Waals surface area contributed by atoms with Gasteiger partial charge in [0, 0.05) is 56.9 Å². The minimum absolute atomic E-state index is 0.00539. The SMILES string of the molecule is CN(C)C(=O)[C@@H]1[C@@H](CO)[C@@H]2Cn3c(ccc(-c4ccccc4)c3=O)[C@@H]2N1Cc1ccccc1. The number of pyridine rings is 1. The zero-order chi connectivity index (χ0) is 23.1. The van der Waals surface area contributed by atoms with E-state index in [1.54, 1.807) is 19.0 Å². The Morgan fingerprint density at radius 2 is 1.67 bits per heavy atom. The Bertz CT molecular complexity index is 1210. The molecule has 33 heavy (non-hydrogen) atoms. The van der Waals surface area contributed by atoms with Crippen LogP contribution in [0.5, 0.6) is 0 Å². The molecule has 170 valence electrons. The number of aliphatic hydroxyl groups is 1. The van der Waals surface area contributed by atoms with Gasteiger partial charge < -0.3 is 14.6 Å². The van der Waals surface area contributed by atoms with E-state index in [0.717, 1.165) is 16.8 Å². The molecule has 1 aromatic heterocycles. The number of amides is 1. The monoisotopic (exact) mass is 443 g/mol. The number of aromatic nitrogens is 1. The molecule has 0 aliphatic carbocycles. The van der Waals surface area contributed by atoms with Crippen LogP contribution in [0, 0.1) is 11.8 Å². The smallest absolute Gasteiger partial charge is 0.258 e. The van der Waals surface area contributed by atoms with Crippen molar-refractivity contribution in [3.05, 3.63) is 94.4 Å². The average molecular weight is 444 g/mol. The standard InChI is InChI=1S/C27H29N3O3/c1-28(2)27(33)25-22(17-31)21-16-29-23(24(21)30(25)15-18-9-5-3-6-10-18)14-13-20(26(29)32)19-11-7-4-8-12-19/h3-14,21-22,24-25,31H,15-17H2,1-2H3/t21-,22-,24+,25-/m0/s1. The molecule has 0 unspecified atom stereocenters. The first-order valence-corrected chi connectivity index (χ1v) is 11.4. The number of nitrogens with zero attached hydrogens (tertiary/aromatic N) is 3. The predicted molar refractivity (Wildman–Crippen MR) is 127 cm³/mol. The van der Waals surface area contributed by atoms with Gasteiger partial charge in [-0.3, -0.25) is 14.5 Å². The third-order valence-corrected chi connectivity index (χ3v) is 7.18. The molecule has 0 bridgehead atoms. The lowest BCUT2D eigenvalue weighted by atomic mass is 9.88. The number of fused-ring (bicyclic) bond motifs is 3. The molecule has 6 heteroatoms. The van der Waals surface area contributed by atoms with Crippen molar-refractivity contribution in [3.8, 4) is 11.1 Å². The van der Waals surface area contributed by atoms with Gasteiger partial charge in [-0.15, -0.1) is 0 Å². The summed E-state index contributed by atoms with van der Waals surface area (Å²) in [5, 5.41) is 10.4. The molecule has 1 amide bonds. The molecule has 0 saturated carbocycles. The Morgan fingerprint density at radius 1 is 1.00 bits per heavy atom. The molecule has 2 aliphatic heterocycles. The number of likely N-dealkylation sites (tertiary alicyclic amines) is 1. The average Bonchev–Trinajstić information content (AvgIpc) is 3.35. The van der Waals surface area contributed by atoms with Gasteiger partial charge in [0.15, 0.2) is 0 Å². The molecule has 1 N–H and O–H groups in total. The van der Waals surface area contributed by atoms with Gasteiger partial charge in [0.2, 0.25) is 5.91 Å². The fourth-order valence-corrected chi connectivity index (χ4v) is 5.66. The van der Waals surface area contributed by atoms with Gasteiger partial charge in [-0.1, -0.05) is 60.7 Å². The summed E-state index contributed by atoms with van der Waals surface area (Å²) in [6.45, 7) is 0.996. The first-order valence-electron chi connectivity index (χ1n) is 11.4. The first kappa shape index (κ1) is 21.6. The Balaban J connectivity index is 1.60. The zero-order valence-corrected chi connectivity index (χ0v) is 19.0. The summed E-state index contributed by atoms with van der Waals surface area (Å²) >= 11 is 0. The Morgan fingerprint density at radius 3 is 2.30 bits per heavy atom. The van der Waals surface area contributed by atoms with Crippen LogP contribution in [-0.4, -0.2) is 52.1 Å². The molecule has 0 spiro atoms. The summed E-state index contributed by atoms with van der Waals surface area (Å²) in [7, 11) is 3.52. The summed E-state index contributed by atoms with van der Waals surface area (Å²) in [6, 6.07) is 23.2. The number of aliphatic hydroxyl groups excluding tert-OH is 1. The lowest BCUT2D eigenvalue weighted by molar-refractivity contribution is -0.136. The van der Waals surface area contributed by atoms with Crippen LogP contribution in [0.3, 0.4) is 0 Å². The quantitative estimate of drug-likeness (QED) is 0.659. The number of carbonyl (C=O) groups is 1. The molecular weight excluding hydrogens is 414 g/mol. The second kappa shape index (κ2) is 8.61. The molecule has 3 heterocycles. The number of likely N-dealkylation sites (N-methyl/N-ethyl adjacent to an activating group) is 1. The van der Waals surface area contributed by atoms with Gasteiger partial charge >= 0.3 is 0 Å². The van der Waals surface area contributed by atoms with Crippen molar-refractivity contribution in [2.45, 2.75) is 25.2 Å². The minimum atomic E-state index is -0.433. The fraction of sp³-hybridized carbons (Fsp3) is 0.333. The van der Waals surface area contributed by atoms with Crippen molar-refractivity contribution in [2.75, 3.05) is 20.7 Å². The highest BCUT2D eigenvalue weighted by Gasteiger charge is 2.55. The molecule has 2 aromatic carbocycles. The van der Waals surface area contributed by atoms with E-state index >= 15 is 0 Å². The zero-order valence-electron chi connectivity index (χ0n) is 19.0. The van der Waals surface area contributed by atoms with Gasteiger partial charge in [0.25, 0.3) is 5.56 Å². The molecule has 6 nitrogen and oxygen atoms in total. The molecule has 0 radical (unpaired) electrons. The highest BCUT2D eigenvalue weighted by Crippen LogP contribution is 2.50. The number of hydrogen-bond donors (Lipinski definition) is 1. The first-order chi connectivity index (χ1) is 16.0. The van der Waals surface area contributed by atoms with E-state index in [4.69, 9.17) is 0 Å². The van der Waals surface area contributed by atoms with Crippen molar-refractivity contribution in [1.82, 2.24) is 14.4 Å². The topological polar surface area (TPSA) is 65.8 Å². The van der Waals surface area contributed by atoms with Gasteiger partial charge in [0.05, 0.1) is 12.1 Å². The third kappa shape index (κ3) is 3.59. The predicted octanol–water partition coefficient (Wildman–Crippen LogP) is 2.77. The van der Waals surface area contributed by atoms with E-state index in [9.17, 15) is 14.7 Å². The number of hydrogen-bond acceptors (Lipinski definition) is 4.